The fraction of sp³-hybridized carbons (Fsp3) is 0.300. The van der Waals surface area contributed by atoms with E-state index in [1.807, 2.05) is 0 Å². The predicted octanol–water partition coefficient (Wildman–Crippen LogP) is 2.35. The number of benzene rings is 2. The molecule has 0 atom stereocenters. The highest BCUT2D eigenvalue weighted by atomic mass is 16.5. The van der Waals surface area contributed by atoms with Crippen molar-refractivity contribution in [2.24, 2.45) is 0 Å². The van der Waals surface area contributed by atoms with Crippen molar-refractivity contribution in [1.82, 2.24) is 4.90 Å². The highest BCUT2D eigenvalue weighted by molar-refractivity contribution is 5.94. The number of nitrogens with zero attached hydrogens (tertiary/aromatic N) is 1. The average molecular weight is 372 g/mol. The Morgan fingerprint density at radius 2 is 1.59 bits per heavy atom. The molecule has 2 aromatic carbocycles. The number of ether oxygens (including phenoxy) is 3. The second-order valence-corrected chi connectivity index (χ2v) is 5.89. The number of anilines is 1. The van der Waals surface area contributed by atoms with Crippen LogP contribution in [-0.4, -0.2) is 51.6 Å². The Kier molecular flexibility index (Phi) is 7.05. The van der Waals surface area contributed by atoms with Gasteiger partial charge < -0.3 is 24.4 Å². The summed E-state index contributed by atoms with van der Waals surface area (Å²) in [6.45, 7) is -0.0435. The molecule has 0 heterocycles. The number of nitrogens with one attached hydrogen (secondary N) is 1. The Labute approximate surface area is 158 Å². The third kappa shape index (κ3) is 5.64. The Morgan fingerprint density at radius 1 is 0.926 bits per heavy atom. The Bertz CT molecular complexity index is 789. The molecule has 0 saturated heterocycles. The lowest BCUT2D eigenvalue weighted by Gasteiger charge is -2.17. The second-order valence-electron chi connectivity index (χ2n) is 5.89. The Morgan fingerprint density at radius 3 is 2.19 bits per heavy atom. The van der Waals surface area contributed by atoms with Crippen LogP contribution in [0.2, 0.25) is 0 Å². The van der Waals surface area contributed by atoms with E-state index < -0.39 is 0 Å². The number of carbonyl (C=O) groups excluding carboxylic acids is 2. The van der Waals surface area contributed by atoms with Crippen LogP contribution < -0.4 is 19.5 Å². The van der Waals surface area contributed by atoms with Crippen LogP contribution in [0, 0.1) is 0 Å². The van der Waals surface area contributed by atoms with Crippen molar-refractivity contribution >= 4 is 17.5 Å². The summed E-state index contributed by atoms with van der Waals surface area (Å²) in [6, 6.07) is 12.3. The second kappa shape index (κ2) is 9.47. The van der Waals surface area contributed by atoms with Gasteiger partial charge in [-0.2, -0.15) is 0 Å². The summed E-state index contributed by atoms with van der Waals surface area (Å²) in [5, 5.41) is 2.75. The van der Waals surface area contributed by atoms with Crippen LogP contribution in [0.15, 0.2) is 42.5 Å². The minimum atomic E-state index is -0.275. The van der Waals surface area contributed by atoms with Crippen LogP contribution in [-0.2, 0) is 16.0 Å². The maximum absolute atomic E-state index is 12.4. The number of methoxy groups -OCH3 is 3. The van der Waals surface area contributed by atoms with Crippen molar-refractivity contribution in [2.45, 2.75) is 6.42 Å². The molecule has 0 aliphatic rings. The van der Waals surface area contributed by atoms with Crippen LogP contribution >= 0.6 is 0 Å². The number of carbonyl (C=O) groups is 2. The first-order chi connectivity index (χ1) is 13.0. The highest BCUT2D eigenvalue weighted by Gasteiger charge is 2.15. The Balaban J connectivity index is 1.91. The van der Waals surface area contributed by atoms with Crippen molar-refractivity contribution in [2.75, 3.05) is 40.2 Å². The standard InChI is InChI=1S/C20H24N2O5/c1-22(13-19(23)21-15-6-8-16(25-2)9-7-15)20(24)12-14-5-10-17(26-3)18(11-14)27-4/h5-11H,12-13H2,1-4H3,(H,21,23). The summed E-state index contributed by atoms with van der Waals surface area (Å²) < 4.78 is 15.5. The van der Waals surface area contributed by atoms with E-state index >= 15 is 0 Å². The quantitative estimate of drug-likeness (QED) is 0.770. The molecule has 0 aromatic heterocycles. The zero-order valence-electron chi connectivity index (χ0n) is 15.9. The van der Waals surface area contributed by atoms with Gasteiger partial charge >= 0.3 is 0 Å². The van der Waals surface area contributed by atoms with E-state index in [1.165, 1.54) is 4.90 Å². The van der Waals surface area contributed by atoms with Gasteiger partial charge in [-0.25, -0.2) is 0 Å². The third-order valence-corrected chi connectivity index (χ3v) is 3.98. The first kappa shape index (κ1) is 20.1. The van der Waals surface area contributed by atoms with Gasteiger partial charge in [0, 0.05) is 12.7 Å². The van der Waals surface area contributed by atoms with E-state index in [-0.39, 0.29) is 24.8 Å². The average Bonchev–Trinajstić information content (AvgIpc) is 2.68. The molecule has 0 radical (unpaired) electrons. The van der Waals surface area contributed by atoms with Crippen LogP contribution in [0.3, 0.4) is 0 Å². The first-order valence-corrected chi connectivity index (χ1v) is 8.35. The van der Waals surface area contributed by atoms with Crippen molar-refractivity contribution in [3.63, 3.8) is 0 Å². The number of amides is 2. The summed E-state index contributed by atoms with van der Waals surface area (Å²) in [5.74, 6) is 1.41. The molecule has 0 saturated carbocycles. The molecule has 2 aromatic rings. The van der Waals surface area contributed by atoms with E-state index in [2.05, 4.69) is 5.32 Å². The van der Waals surface area contributed by atoms with Gasteiger partial charge in [0.05, 0.1) is 34.3 Å². The zero-order chi connectivity index (χ0) is 19.8. The molecule has 1 N–H and O–H groups in total. The minimum absolute atomic E-state index is 0.0435. The van der Waals surface area contributed by atoms with E-state index in [0.29, 0.717) is 22.9 Å². The summed E-state index contributed by atoms with van der Waals surface area (Å²) in [6.07, 6.45) is 0.159. The summed E-state index contributed by atoms with van der Waals surface area (Å²) in [5.41, 5.74) is 1.42. The molecular formula is C20H24N2O5. The van der Waals surface area contributed by atoms with Crippen molar-refractivity contribution in [3.05, 3.63) is 48.0 Å². The maximum Gasteiger partial charge on any atom is 0.243 e. The molecule has 27 heavy (non-hydrogen) atoms. The first-order valence-electron chi connectivity index (χ1n) is 8.35. The zero-order valence-corrected chi connectivity index (χ0v) is 15.9. The number of likely N-dealkylation sites (N-methyl/N-ethyl adjacent to an activating group) is 1. The molecule has 0 aliphatic carbocycles. The Hall–Kier alpha value is -3.22. The summed E-state index contributed by atoms with van der Waals surface area (Å²) in [7, 11) is 6.26. The minimum Gasteiger partial charge on any atom is -0.497 e. The van der Waals surface area contributed by atoms with E-state index in [1.54, 1.807) is 70.8 Å². The van der Waals surface area contributed by atoms with E-state index in [9.17, 15) is 9.59 Å². The third-order valence-electron chi connectivity index (χ3n) is 3.98. The molecule has 2 rings (SSSR count). The van der Waals surface area contributed by atoms with Crippen LogP contribution in [0.1, 0.15) is 5.56 Å². The predicted molar refractivity (Wildman–Crippen MR) is 103 cm³/mol. The molecule has 2 amide bonds. The normalized spacial score (nSPS) is 10.1. The van der Waals surface area contributed by atoms with Gasteiger partial charge in [0.25, 0.3) is 0 Å². The lowest BCUT2D eigenvalue weighted by molar-refractivity contribution is -0.132. The SMILES string of the molecule is COc1ccc(NC(=O)CN(C)C(=O)Cc2ccc(OC)c(OC)c2)cc1. The topological polar surface area (TPSA) is 77.1 Å². The van der Waals surface area contributed by atoms with Crippen molar-refractivity contribution in [3.8, 4) is 17.2 Å². The number of hydrogen-bond donors (Lipinski definition) is 1. The smallest absolute Gasteiger partial charge is 0.243 e. The highest BCUT2D eigenvalue weighted by Crippen LogP contribution is 2.27. The van der Waals surface area contributed by atoms with Gasteiger partial charge in [-0.3, -0.25) is 9.59 Å². The molecule has 0 spiro atoms. The molecule has 7 nitrogen and oxygen atoms in total. The van der Waals surface area contributed by atoms with Crippen molar-refractivity contribution < 1.29 is 23.8 Å². The fourth-order valence-electron chi connectivity index (χ4n) is 2.48. The van der Waals surface area contributed by atoms with Gasteiger partial charge in [-0.05, 0) is 42.0 Å². The number of rotatable bonds is 8. The fourth-order valence-corrected chi connectivity index (χ4v) is 2.48. The van der Waals surface area contributed by atoms with E-state index in [0.717, 1.165) is 5.56 Å². The van der Waals surface area contributed by atoms with Crippen LogP contribution in [0.4, 0.5) is 5.69 Å². The van der Waals surface area contributed by atoms with Gasteiger partial charge in [0.15, 0.2) is 11.5 Å². The largest absolute Gasteiger partial charge is 0.497 e. The summed E-state index contributed by atoms with van der Waals surface area (Å²) in [4.78, 5) is 25.9. The molecule has 7 heteroatoms. The molecule has 0 unspecified atom stereocenters. The summed E-state index contributed by atoms with van der Waals surface area (Å²) >= 11 is 0. The maximum atomic E-state index is 12.4. The van der Waals surface area contributed by atoms with Gasteiger partial charge in [-0.15, -0.1) is 0 Å². The van der Waals surface area contributed by atoms with Crippen LogP contribution in [0.5, 0.6) is 17.2 Å². The molecule has 0 fully saturated rings. The van der Waals surface area contributed by atoms with E-state index in [4.69, 9.17) is 14.2 Å². The molecule has 144 valence electrons. The molecular weight excluding hydrogens is 348 g/mol. The van der Waals surface area contributed by atoms with Gasteiger partial charge in [0.1, 0.15) is 5.75 Å². The molecule has 0 bridgehead atoms. The van der Waals surface area contributed by atoms with Gasteiger partial charge in [0.2, 0.25) is 11.8 Å². The van der Waals surface area contributed by atoms with Crippen LogP contribution in [0.25, 0.3) is 0 Å². The van der Waals surface area contributed by atoms with Crippen molar-refractivity contribution in [1.29, 1.82) is 0 Å². The monoisotopic (exact) mass is 372 g/mol. The molecule has 0 aliphatic heterocycles. The van der Waals surface area contributed by atoms with Gasteiger partial charge in [-0.1, -0.05) is 6.07 Å². The lowest BCUT2D eigenvalue weighted by Crippen LogP contribution is -2.35. The number of hydrogen-bond acceptors (Lipinski definition) is 5. The lowest BCUT2D eigenvalue weighted by atomic mass is 10.1.